The standard InChI is InChI=1S/C12H9ClO4/c13-7-2-4-8-6(5-7)1-3-9(10(8)14)11(15)12(16)17/h2,4-5,14H,1,3H2,(H,16,17). The van der Waals surface area contributed by atoms with Crippen molar-refractivity contribution in [2.45, 2.75) is 12.8 Å². The van der Waals surface area contributed by atoms with E-state index in [0.29, 0.717) is 17.0 Å². The Morgan fingerprint density at radius 3 is 2.59 bits per heavy atom. The Morgan fingerprint density at radius 2 is 1.94 bits per heavy atom. The van der Waals surface area contributed by atoms with Crippen LogP contribution in [0.15, 0.2) is 23.8 Å². The normalized spacial score (nSPS) is 14.4. The van der Waals surface area contributed by atoms with Crippen LogP contribution in [0.25, 0.3) is 5.76 Å². The van der Waals surface area contributed by atoms with Crippen LogP contribution in [-0.2, 0) is 16.0 Å². The monoisotopic (exact) mass is 252 g/mol. The third-order valence-electron chi connectivity index (χ3n) is 2.72. The van der Waals surface area contributed by atoms with Crippen molar-refractivity contribution in [3.8, 4) is 0 Å². The third kappa shape index (κ3) is 2.03. The van der Waals surface area contributed by atoms with Crippen LogP contribution in [0, 0.1) is 0 Å². The average Bonchev–Trinajstić information content (AvgIpc) is 2.28. The molecule has 1 aliphatic rings. The largest absolute Gasteiger partial charge is 0.507 e. The second kappa shape index (κ2) is 4.22. The highest BCUT2D eigenvalue weighted by Gasteiger charge is 2.27. The fourth-order valence-electron chi connectivity index (χ4n) is 1.89. The molecule has 0 saturated heterocycles. The van der Waals surface area contributed by atoms with Crippen LogP contribution in [0.3, 0.4) is 0 Å². The number of Topliss-reactive ketones (excluding diaryl/α,β-unsaturated/α-hetero) is 1. The zero-order chi connectivity index (χ0) is 12.6. The number of aliphatic carboxylic acids is 1. The summed E-state index contributed by atoms with van der Waals surface area (Å²) in [4.78, 5) is 21.9. The van der Waals surface area contributed by atoms with Gasteiger partial charge in [-0.1, -0.05) is 11.6 Å². The number of halogens is 1. The Balaban J connectivity index is 2.52. The molecule has 0 fully saturated rings. The predicted octanol–water partition coefficient (Wildman–Crippen LogP) is 2.21. The lowest BCUT2D eigenvalue weighted by Gasteiger charge is -2.18. The van der Waals surface area contributed by atoms with Crippen LogP contribution in [0.4, 0.5) is 0 Å². The highest BCUT2D eigenvalue weighted by molar-refractivity contribution is 6.41. The second-order valence-corrected chi connectivity index (χ2v) is 4.20. The van der Waals surface area contributed by atoms with E-state index in [9.17, 15) is 14.7 Å². The number of carboxylic acid groups (broad SMARTS) is 1. The van der Waals surface area contributed by atoms with Gasteiger partial charge < -0.3 is 10.2 Å². The molecule has 0 heterocycles. The Hall–Kier alpha value is -1.81. The first-order chi connectivity index (χ1) is 8.00. The summed E-state index contributed by atoms with van der Waals surface area (Å²) in [5.41, 5.74) is 1.24. The minimum atomic E-state index is -1.55. The highest BCUT2D eigenvalue weighted by atomic mass is 35.5. The summed E-state index contributed by atoms with van der Waals surface area (Å²) in [5.74, 6) is -2.86. The SMILES string of the molecule is O=C(O)C(=O)C1=C(O)c2ccc(Cl)cc2CC1. The van der Waals surface area contributed by atoms with Crippen LogP contribution >= 0.6 is 11.6 Å². The van der Waals surface area contributed by atoms with Gasteiger partial charge in [-0.15, -0.1) is 0 Å². The Morgan fingerprint density at radius 1 is 1.24 bits per heavy atom. The van der Waals surface area contributed by atoms with E-state index in [1.807, 2.05) is 0 Å². The fraction of sp³-hybridized carbons (Fsp3) is 0.167. The van der Waals surface area contributed by atoms with Gasteiger partial charge in [-0.05, 0) is 36.6 Å². The number of aliphatic hydroxyl groups excluding tert-OH is 1. The number of hydrogen-bond donors (Lipinski definition) is 2. The van der Waals surface area contributed by atoms with Gasteiger partial charge in [0.05, 0.1) is 0 Å². The third-order valence-corrected chi connectivity index (χ3v) is 2.96. The number of carboxylic acids is 1. The summed E-state index contributed by atoms with van der Waals surface area (Å²) < 4.78 is 0. The summed E-state index contributed by atoms with van der Waals surface area (Å²) in [6.45, 7) is 0. The first-order valence-corrected chi connectivity index (χ1v) is 5.37. The van der Waals surface area contributed by atoms with Gasteiger partial charge in [0.25, 0.3) is 5.78 Å². The van der Waals surface area contributed by atoms with Crippen LogP contribution in [0.5, 0.6) is 0 Å². The molecular weight excluding hydrogens is 244 g/mol. The van der Waals surface area contributed by atoms with E-state index >= 15 is 0 Å². The van der Waals surface area contributed by atoms with Crippen molar-refractivity contribution in [2.75, 3.05) is 0 Å². The van der Waals surface area contributed by atoms with Gasteiger partial charge in [0.1, 0.15) is 5.76 Å². The lowest BCUT2D eigenvalue weighted by atomic mass is 9.89. The molecule has 0 unspecified atom stereocenters. The molecule has 0 radical (unpaired) electrons. The van der Waals surface area contributed by atoms with Gasteiger partial charge in [-0.2, -0.15) is 0 Å². The molecule has 0 bridgehead atoms. The number of aliphatic hydroxyl groups is 1. The molecule has 2 rings (SSSR count). The van der Waals surface area contributed by atoms with Crippen LogP contribution < -0.4 is 0 Å². The zero-order valence-electron chi connectivity index (χ0n) is 8.74. The first-order valence-electron chi connectivity index (χ1n) is 4.99. The molecular formula is C12H9ClO4. The number of benzene rings is 1. The van der Waals surface area contributed by atoms with E-state index in [2.05, 4.69) is 0 Å². The Bertz CT molecular complexity index is 545. The van der Waals surface area contributed by atoms with Crippen molar-refractivity contribution >= 4 is 29.1 Å². The van der Waals surface area contributed by atoms with Gasteiger partial charge in [0.15, 0.2) is 0 Å². The number of hydrogen-bond acceptors (Lipinski definition) is 3. The minimum Gasteiger partial charge on any atom is -0.507 e. The first kappa shape index (κ1) is 11.7. The number of aryl methyl sites for hydroxylation is 1. The van der Waals surface area contributed by atoms with Crippen molar-refractivity contribution in [3.05, 3.63) is 39.9 Å². The van der Waals surface area contributed by atoms with Gasteiger partial charge in [0, 0.05) is 16.2 Å². The summed E-state index contributed by atoms with van der Waals surface area (Å²) in [7, 11) is 0. The number of rotatable bonds is 2. The molecule has 2 N–H and O–H groups in total. The highest BCUT2D eigenvalue weighted by Crippen LogP contribution is 2.31. The van der Waals surface area contributed by atoms with Crippen molar-refractivity contribution in [1.29, 1.82) is 0 Å². The molecule has 1 aromatic carbocycles. The molecule has 0 aromatic heterocycles. The second-order valence-electron chi connectivity index (χ2n) is 3.76. The zero-order valence-corrected chi connectivity index (χ0v) is 9.49. The van der Waals surface area contributed by atoms with Crippen LogP contribution in [-0.4, -0.2) is 22.0 Å². The summed E-state index contributed by atoms with van der Waals surface area (Å²) in [5, 5.41) is 19.1. The molecule has 0 saturated carbocycles. The molecule has 17 heavy (non-hydrogen) atoms. The number of carbonyl (C=O) groups is 2. The molecule has 1 aromatic rings. The van der Waals surface area contributed by atoms with Gasteiger partial charge in [-0.25, -0.2) is 4.79 Å². The van der Waals surface area contributed by atoms with Crippen LogP contribution in [0.1, 0.15) is 17.5 Å². The number of fused-ring (bicyclic) bond motifs is 1. The van der Waals surface area contributed by atoms with Crippen molar-refractivity contribution in [1.82, 2.24) is 0 Å². The van der Waals surface area contributed by atoms with E-state index in [1.54, 1.807) is 18.2 Å². The van der Waals surface area contributed by atoms with E-state index in [-0.39, 0.29) is 17.8 Å². The number of ketones is 1. The topological polar surface area (TPSA) is 74.6 Å². The van der Waals surface area contributed by atoms with E-state index < -0.39 is 11.8 Å². The molecule has 1 aliphatic carbocycles. The fourth-order valence-corrected chi connectivity index (χ4v) is 2.09. The van der Waals surface area contributed by atoms with Gasteiger partial charge >= 0.3 is 5.97 Å². The molecule has 88 valence electrons. The molecule has 4 nitrogen and oxygen atoms in total. The summed E-state index contributed by atoms with van der Waals surface area (Å²) in [6.07, 6.45) is 0.707. The molecule has 0 spiro atoms. The van der Waals surface area contributed by atoms with E-state index in [4.69, 9.17) is 16.7 Å². The quantitative estimate of drug-likeness (QED) is 0.792. The predicted molar refractivity (Wildman–Crippen MR) is 62.0 cm³/mol. The summed E-state index contributed by atoms with van der Waals surface area (Å²) in [6, 6.07) is 4.88. The molecule has 0 aliphatic heterocycles. The van der Waals surface area contributed by atoms with E-state index in [0.717, 1.165) is 5.56 Å². The maximum Gasteiger partial charge on any atom is 0.377 e. The van der Waals surface area contributed by atoms with Crippen molar-refractivity contribution in [3.63, 3.8) is 0 Å². The minimum absolute atomic E-state index is 0.0488. The summed E-state index contributed by atoms with van der Waals surface area (Å²) >= 11 is 5.82. The maximum atomic E-state index is 11.3. The molecule has 5 heteroatoms. The Kier molecular flexibility index (Phi) is 2.90. The van der Waals surface area contributed by atoms with Crippen molar-refractivity contribution < 1.29 is 19.8 Å². The lowest BCUT2D eigenvalue weighted by molar-refractivity contribution is -0.147. The average molecular weight is 253 g/mol. The molecule has 0 atom stereocenters. The van der Waals surface area contributed by atoms with E-state index in [1.165, 1.54) is 0 Å². The molecule has 0 amide bonds. The maximum absolute atomic E-state index is 11.3. The smallest absolute Gasteiger partial charge is 0.377 e. The Labute approximate surface area is 102 Å². The van der Waals surface area contributed by atoms with Crippen LogP contribution in [0.2, 0.25) is 5.02 Å². The number of carbonyl (C=O) groups excluding carboxylic acids is 1. The van der Waals surface area contributed by atoms with Crippen molar-refractivity contribution in [2.24, 2.45) is 0 Å². The lowest BCUT2D eigenvalue weighted by Crippen LogP contribution is -2.19. The van der Waals surface area contributed by atoms with Gasteiger partial charge in [0.2, 0.25) is 0 Å². The van der Waals surface area contributed by atoms with Gasteiger partial charge in [-0.3, -0.25) is 4.79 Å².